The summed E-state index contributed by atoms with van der Waals surface area (Å²) in [6.45, 7) is 0. The van der Waals surface area contributed by atoms with E-state index in [-0.39, 0.29) is 40.2 Å². The van der Waals surface area contributed by atoms with Crippen LogP contribution in [0.5, 0.6) is 5.75 Å². The number of nitrogen functional groups attached to an aromatic ring is 1. The van der Waals surface area contributed by atoms with Crippen LogP contribution in [0, 0.1) is 0 Å². The van der Waals surface area contributed by atoms with Gasteiger partial charge in [0.15, 0.2) is 0 Å². The summed E-state index contributed by atoms with van der Waals surface area (Å²) in [5.41, 5.74) is 5.98. The monoisotopic (exact) mass is 263 g/mol. The minimum atomic E-state index is -4.37. The number of phenols is 1. The quantitative estimate of drug-likeness (QED) is 0.400. The van der Waals surface area contributed by atoms with Gasteiger partial charge in [-0.1, -0.05) is 6.07 Å². The van der Waals surface area contributed by atoms with Crippen LogP contribution < -0.4 is 5.73 Å². The van der Waals surface area contributed by atoms with Crippen LogP contribution in [0.4, 0.5) is 5.69 Å². The number of fused-ring (bicyclic) bond motifs is 1. The fourth-order valence-corrected chi connectivity index (χ4v) is 2.28. The SMILES string of the molecule is Nc1ccc2c(S(=O)(=O)O)cc(O)cc2c1.[NaH]. The van der Waals surface area contributed by atoms with Crippen LogP contribution in [-0.4, -0.2) is 47.6 Å². The van der Waals surface area contributed by atoms with Gasteiger partial charge in [0.2, 0.25) is 0 Å². The predicted octanol–water partition coefficient (Wildman–Crippen LogP) is 0.726. The van der Waals surface area contributed by atoms with E-state index in [0.29, 0.717) is 16.5 Å². The Kier molecular flexibility index (Phi) is 4.06. The molecule has 0 bridgehead atoms. The molecule has 86 valence electrons. The minimum absolute atomic E-state index is 0. The molecule has 2 aromatic rings. The molecule has 0 fully saturated rings. The standard InChI is InChI=1S/C10H9NO4S.Na.H/c11-7-1-2-9-6(3-7)4-8(12)5-10(9)16(13,14)15;;/h1-5,12H,11H2,(H,13,14,15);;. The van der Waals surface area contributed by atoms with Gasteiger partial charge in [-0.2, -0.15) is 8.42 Å². The summed E-state index contributed by atoms with van der Waals surface area (Å²) in [5.74, 6) is -0.245. The Morgan fingerprint density at radius 3 is 2.35 bits per heavy atom. The summed E-state index contributed by atoms with van der Waals surface area (Å²) in [7, 11) is -4.37. The third kappa shape index (κ3) is 2.91. The molecule has 0 radical (unpaired) electrons. The first kappa shape index (κ1) is 14.3. The summed E-state index contributed by atoms with van der Waals surface area (Å²) >= 11 is 0. The second kappa shape index (κ2) is 4.83. The van der Waals surface area contributed by atoms with Crippen molar-refractivity contribution in [1.29, 1.82) is 0 Å². The van der Waals surface area contributed by atoms with E-state index >= 15 is 0 Å². The summed E-state index contributed by atoms with van der Waals surface area (Å²) < 4.78 is 31.2. The van der Waals surface area contributed by atoms with Crippen LogP contribution in [0.3, 0.4) is 0 Å². The molecule has 0 aromatic heterocycles. The molecule has 2 rings (SSSR count). The zero-order valence-electron chi connectivity index (χ0n) is 8.08. The Balaban J connectivity index is 0.00000144. The maximum absolute atomic E-state index is 11.1. The van der Waals surface area contributed by atoms with Crippen LogP contribution in [-0.2, 0) is 10.1 Å². The summed E-state index contributed by atoms with van der Waals surface area (Å²) in [6.07, 6.45) is 0. The molecular formula is C10H10NNaO4S. The molecule has 0 atom stereocenters. The number of phenolic OH excluding ortho intramolecular Hbond substituents is 1. The van der Waals surface area contributed by atoms with E-state index in [0.717, 1.165) is 6.07 Å². The maximum atomic E-state index is 11.1. The zero-order valence-corrected chi connectivity index (χ0v) is 8.90. The Hall–Kier alpha value is -0.790. The van der Waals surface area contributed by atoms with Crippen molar-refractivity contribution in [3.05, 3.63) is 30.3 Å². The average molecular weight is 263 g/mol. The Bertz CT molecular complexity index is 664. The molecule has 2 aromatic carbocycles. The zero-order chi connectivity index (χ0) is 11.9. The third-order valence-electron chi connectivity index (χ3n) is 2.20. The number of anilines is 1. The number of benzene rings is 2. The Morgan fingerprint density at radius 1 is 1.12 bits per heavy atom. The molecule has 0 aliphatic rings. The summed E-state index contributed by atoms with van der Waals surface area (Å²) in [4.78, 5) is -0.331. The van der Waals surface area contributed by atoms with E-state index in [1.165, 1.54) is 24.3 Å². The fraction of sp³-hybridized carbons (Fsp3) is 0. The fourth-order valence-electron chi connectivity index (χ4n) is 1.55. The summed E-state index contributed by atoms with van der Waals surface area (Å²) in [6, 6.07) is 6.89. The first-order valence-corrected chi connectivity index (χ1v) is 5.82. The molecule has 0 spiro atoms. The van der Waals surface area contributed by atoms with E-state index in [4.69, 9.17) is 10.3 Å². The van der Waals surface area contributed by atoms with Crippen LogP contribution in [0.2, 0.25) is 0 Å². The van der Waals surface area contributed by atoms with Gasteiger partial charge in [-0.05, 0) is 23.6 Å². The molecule has 0 saturated carbocycles. The van der Waals surface area contributed by atoms with Crippen molar-refractivity contribution in [2.75, 3.05) is 5.73 Å². The van der Waals surface area contributed by atoms with Gasteiger partial charge in [0.1, 0.15) is 10.6 Å². The van der Waals surface area contributed by atoms with Gasteiger partial charge in [-0.25, -0.2) is 0 Å². The Morgan fingerprint density at radius 2 is 1.76 bits per heavy atom. The molecule has 4 N–H and O–H groups in total. The molecule has 5 nitrogen and oxygen atoms in total. The van der Waals surface area contributed by atoms with E-state index in [9.17, 15) is 13.5 Å². The van der Waals surface area contributed by atoms with E-state index < -0.39 is 10.1 Å². The van der Waals surface area contributed by atoms with Crippen molar-refractivity contribution in [1.82, 2.24) is 0 Å². The molecule has 0 amide bonds. The number of nitrogens with two attached hydrogens (primary N) is 1. The van der Waals surface area contributed by atoms with E-state index in [1.54, 1.807) is 0 Å². The van der Waals surface area contributed by atoms with Crippen molar-refractivity contribution in [2.24, 2.45) is 0 Å². The van der Waals surface area contributed by atoms with Gasteiger partial charge in [-0.3, -0.25) is 4.55 Å². The molecule has 17 heavy (non-hydrogen) atoms. The van der Waals surface area contributed by atoms with Crippen molar-refractivity contribution < 1.29 is 18.1 Å². The van der Waals surface area contributed by atoms with Gasteiger partial charge >= 0.3 is 29.6 Å². The Labute approximate surface area is 120 Å². The van der Waals surface area contributed by atoms with Crippen molar-refractivity contribution in [2.45, 2.75) is 4.90 Å². The normalized spacial score (nSPS) is 11.1. The average Bonchev–Trinajstić information content (AvgIpc) is 2.14. The van der Waals surface area contributed by atoms with Gasteiger partial charge in [0.05, 0.1) is 0 Å². The van der Waals surface area contributed by atoms with Crippen LogP contribution in [0.15, 0.2) is 35.2 Å². The molecule has 0 saturated heterocycles. The van der Waals surface area contributed by atoms with Crippen molar-refractivity contribution in [3.8, 4) is 5.75 Å². The molecule has 0 aliphatic heterocycles. The molecule has 7 heteroatoms. The number of hydrogen-bond donors (Lipinski definition) is 3. The second-order valence-corrected chi connectivity index (χ2v) is 4.79. The van der Waals surface area contributed by atoms with Crippen LogP contribution in [0.25, 0.3) is 10.8 Å². The van der Waals surface area contributed by atoms with E-state index in [2.05, 4.69) is 0 Å². The first-order valence-electron chi connectivity index (χ1n) is 4.38. The topological polar surface area (TPSA) is 101 Å². The molecule has 0 heterocycles. The van der Waals surface area contributed by atoms with Crippen LogP contribution >= 0.6 is 0 Å². The second-order valence-electron chi connectivity index (χ2n) is 3.40. The van der Waals surface area contributed by atoms with Crippen LogP contribution in [0.1, 0.15) is 0 Å². The van der Waals surface area contributed by atoms with Crippen molar-refractivity contribution in [3.63, 3.8) is 0 Å². The van der Waals surface area contributed by atoms with Gasteiger partial charge in [0, 0.05) is 17.1 Å². The molecule has 0 unspecified atom stereocenters. The first-order chi connectivity index (χ1) is 7.38. The number of hydrogen-bond acceptors (Lipinski definition) is 4. The predicted molar refractivity (Wildman–Crippen MR) is 67.0 cm³/mol. The number of rotatable bonds is 1. The third-order valence-corrected chi connectivity index (χ3v) is 3.09. The molecule has 0 aliphatic carbocycles. The van der Waals surface area contributed by atoms with Crippen molar-refractivity contribution >= 4 is 56.1 Å². The van der Waals surface area contributed by atoms with Gasteiger partial charge < -0.3 is 10.8 Å². The molecular weight excluding hydrogens is 253 g/mol. The van der Waals surface area contributed by atoms with Gasteiger partial charge in [0.25, 0.3) is 10.1 Å². The van der Waals surface area contributed by atoms with E-state index in [1.807, 2.05) is 0 Å². The summed E-state index contributed by atoms with van der Waals surface area (Å²) in [5, 5.41) is 10.1. The number of aromatic hydroxyl groups is 1. The van der Waals surface area contributed by atoms with Gasteiger partial charge in [-0.15, -0.1) is 0 Å².